The van der Waals surface area contributed by atoms with Gasteiger partial charge in [0.2, 0.25) is 5.91 Å². The number of imide groups is 1. The zero-order valence-corrected chi connectivity index (χ0v) is 16.0. The van der Waals surface area contributed by atoms with Crippen molar-refractivity contribution >= 4 is 23.5 Å². The number of fused-ring (bicyclic) bond motifs is 1. The van der Waals surface area contributed by atoms with Crippen LogP contribution < -0.4 is 10.6 Å². The number of hydrogen-bond donors (Lipinski definition) is 2. The Morgan fingerprint density at radius 3 is 2.71 bits per heavy atom. The van der Waals surface area contributed by atoms with Crippen LogP contribution >= 0.6 is 0 Å². The highest BCUT2D eigenvalue weighted by molar-refractivity contribution is 6.10. The van der Waals surface area contributed by atoms with E-state index in [2.05, 4.69) is 10.6 Å². The summed E-state index contributed by atoms with van der Waals surface area (Å²) in [6.45, 7) is 3.30. The molecule has 6 nitrogen and oxygen atoms in total. The van der Waals surface area contributed by atoms with E-state index in [4.69, 9.17) is 0 Å². The highest BCUT2D eigenvalue weighted by Gasteiger charge is 2.49. The number of urea groups is 1. The fraction of sp³-hybridized carbons (Fsp3) is 0.318. The van der Waals surface area contributed by atoms with Crippen molar-refractivity contribution in [3.63, 3.8) is 0 Å². The molecule has 1 heterocycles. The maximum Gasteiger partial charge on any atom is 0.325 e. The average Bonchev–Trinajstić information content (AvgIpc) is 3.20. The van der Waals surface area contributed by atoms with Gasteiger partial charge in [0.15, 0.2) is 0 Å². The molecular weight excluding hydrogens is 354 g/mol. The molecule has 2 aromatic carbocycles. The summed E-state index contributed by atoms with van der Waals surface area (Å²) >= 11 is 0. The second-order valence-corrected chi connectivity index (χ2v) is 7.70. The van der Waals surface area contributed by atoms with E-state index < -0.39 is 23.4 Å². The van der Waals surface area contributed by atoms with Crippen molar-refractivity contribution in [2.24, 2.45) is 0 Å². The summed E-state index contributed by atoms with van der Waals surface area (Å²) in [5.41, 5.74) is 3.79. The number of carbonyl (C=O) groups excluding carboxylic acids is 3. The van der Waals surface area contributed by atoms with Crippen LogP contribution in [0.3, 0.4) is 0 Å². The SMILES string of the molecule is Cc1cccc(NC(=O)CN2C(=O)N[C@@](C)(c3ccc4c(c3)CCC4)C2=O)c1. The van der Waals surface area contributed by atoms with Gasteiger partial charge in [0.25, 0.3) is 5.91 Å². The van der Waals surface area contributed by atoms with Crippen LogP contribution in [-0.2, 0) is 28.0 Å². The summed E-state index contributed by atoms with van der Waals surface area (Å²) in [5.74, 6) is -0.817. The largest absolute Gasteiger partial charge is 0.325 e. The molecule has 28 heavy (non-hydrogen) atoms. The fourth-order valence-electron chi connectivity index (χ4n) is 3.99. The molecule has 0 radical (unpaired) electrons. The van der Waals surface area contributed by atoms with Crippen LogP contribution in [0.1, 0.15) is 35.6 Å². The molecule has 1 aliphatic carbocycles. The van der Waals surface area contributed by atoms with Crippen LogP contribution in [0, 0.1) is 6.92 Å². The lowest BCUT2D eigenvalue weighted by Gasteiger charge is -2.23. The van der Waals surface area contributed by atoms with Gasteiger partial charge in [0, 0.05) is 5.69 Å². The number of benzene rings is 2. The van der Waals surface area contributed by atoms with Crippen molar-refractivity contribution in [2.75, 3.05) is 11.9 Å². The van der Waals surface area contributed by atoms with Crippen LogP contribution in [0.25, 0.3) is 0 Å². The first-order valence-electron chi connectivity index (χ1n) is 9.50. The Morgan fingerprint density at radius 1 is 1.14 bits per heavy atom. The molecule has 4 amide bonds. The van der Waals surface area contributed by atoms with Gasteiger partial charge in [0.1, 0.15) is 12.1 Å². The minimum atomic E-state index is -1.15. The zero-order valence-electron chi connectivity index (χ0n) is 16.0. The Labute approximate surface area is 163 Å². The van der Waals surface area contributed by atoms with Crippen LogP contribution in [0.4, 0.5) is 10.5 Å². The number of anilines is 1. The second-order valence-electron chi connectivity index (χ2n) is 7.70. The standard InChI is InChI=1S/C22H23N3O3/c1-14-5-3-8-18(11-14)23-19(26)13-25-20(27)22(2,24-21(25)28)17-10-9-15-6-4-7-16(15)12-17/h3,5,8-12H,4,6-7,13H2,1-2H3,(H,23,26)(H,24,28)/t22-/m0/s1. The van der Waals surface area contributed by atoms with Crippen molar-refractivity contribution in [1.29, 1.82) is 0 Å². The molecule has 1 fully saturated rings. The van der Waals surface area contributed by atoms with Crippen LogP contribution in [-0.4, -0.2) is 29.3 Å². The van der Waals surface area contributed by atoms with Crippen molar-refractivity contribution in [1.82, 2.24) is 10.2 Å². The maximum absolute atomic E-state index is 13.0. The molecule has 1 atom stereocenters. The van der Waals surface area contributed by atoms with Gasteiger partial charge < -0.3 is 10.6 Å². The topological polar surface area (TPSA) is 78.5 Å². The van der Waals surface area contributed by atoms with E-state index in [-0.39, 0.29) is 6.54 Å². The van der Waals surface area contributed by atoms with Gasteiger partial charge in [0.05, 0.1) is 0 Å². The third kappa shape index (κ3) is 3.15. The fourth-order valence-corrected chi connectivity index (χ4v) is 3.99. The highest BCUT2D eigenvalue weighted by atomic mass is 16.2. The Balaban J connectivity index is 1.51. The molecule has 0 spiro atoms. The number of amides is 4. The second kappa shape index (κ2) is 6.78. The molecule has 0 bridgehead atoms. The average molecular weight is 377 g/mol. The van der Waals surface area contributed by atoms with E-state index in [9.17, 15) is 14.4 Å². The van der Waals surface area contributed by atoms with Crippen molar-refractivity contribution in [3.05, 3.63) is 64.7 Å². The normalized spacial score (nSPS) is 20.9. The van der Waals surface area contributed by atoms with Gasteiger partial charge in [-0.15, -0.1) is 0 Å². The minimum Gasteiger partial charge on any atom is -0.325 e. The first-order chi connectivity index (χ1) is 13.4. The summed E-state index contributed by atoms with van der Waals surface area (Å²) in [4.78, 5) is 38.9. The summed E-state index contributed by atoms with van der Waals surface area (Å²) in [6, 6.07) is 12.8. The lowest BCUT2D eigenvalue weighted by atomic mass is 9.89. The number of rotatable bonds is 4. The number of carbonyl (C=O) groups is 3. The molecule has 0 aromatic heterocycles. The van der Waals surface area contributed by atoms with Gasteiger partial charge in [-0.3, -0.25) is 14.5 Å². The summed E-state index contributed by atoms with van der Waals surface area (Å²) < 4.78 is 0. The predicted molar refractivity (Wildman–Crippen MR) is 106 cm³/mol. The molecule has 2 aliphatic rings. The predicted octanol–water partition coefficient (Wildman–Crippen LogP) is 2.89. The van der Waals surface area contributed by atoms with E-state index in [1.807, 2.05) is 43.3 Å². The third-order valence-electron chi connectivity index (χ3n) is 5.55. The summed E-state index contributed by atoms with van der Waals surface area (Å²) in [5, 5.41) is 5.51. The van der Waals surface area contributed by atoms with Gasteiger partial charge in [-0.1, -0.05) is 30.3 Å². The first-order valence-corrected chi connectivity index (χ1v) is 9.50. The molecular formula is C22H23N3O3. The van der Waals surface area contributed by atoms with Gasteiger partial charge in [-0.05, 0) is 67.5 Å². The van der Waals surface area contributed by atoms with E-state index >= 15 is 0 Å². The molecule has 6 heteroatoms. The summed E-state index contributed by atoms with van der Waals surface area (Å²) in [7, 11) is 0. The third-order valence-corrected chi connectivity index (χ3v) is 5.55. The Hall–Kier alpha value is -3.15. The zero-order chi connectivity index (χ0) is 19.9. The number of aryl methyl sites for hydroxylation is 3. The lowest BCUT2D eigenvalue weighted by molar-refractivity contribution is -0.133. The summed E-state index contributed by atoms with van der Waals surface area (Å²) in [6.07, 6.45) is 3.16. The molecule has 144 valence electrons. The van der Waals surface area contributed by atoms with Crippen LogP contribution in [0.5, 0.6) is 0 Å². The monoisotopic (exact) mass is 377 g/mol. The highest BCUT2D eigenvalue weighted by Crippen LogP contribution is 2.32. The minimum absolute atomic E-state index is 0.320. The number of hydrogen-bond acceptors (Lipinski definition) is 3. The lowest BCUT2D eigenvalue weighted by Crippen LogP contribution is -2.42. The maximum atomic E-state index is 13.0. The van der Waals surface area contributed by atoms with E-state index in [0.29, 0.717) is 5.69 Å². The van der Waals surface area contributed by atoms with Crippen molar-refractivity contribution in [3.8, 4) is 0 Å². The molecule has 2 aromatic rings. The molecule has 4 rings (SSSR count). The molecule has 0 unspecified atom stereocenters. The molecule has 1 aliphatic heterocycles. The molecule has 2 N–H and O–H groups in total. The van der Waals surface area contributed by atoms with E-state index in [0.717, 1.165) is 35.3 Å². The Kier molecular flexibility index (Phi) is 4.41. The smallest absolute Gasteiger partial charge is 0.325 e. The van der Waals surface area contributed by atoms with Crippen molar-refractivity contribution in [2.45, 2.75) is 38.6 Å². The van der Waals surface area contributed by atoms with Gasteiger partial charge >= 0.3 is 6.03 Å². The van der Waals surface area contributed by atoms with Gasteiger partial charge in [-0.25, -0.2) is 4.79 Å². The number of nitrogens with zero attached hydrogens (tertiary/aromatic N) is 1. The van der Waals surface area contributed by atoms with Crippen molar-refractivity contribution < 1.29 is 14.4 Å². The van der Waals surface area contributed by atoms with E-state index in [1.165, 1.54) is 11.1 Å². The van der Waals surface area contributed by atoms with Crippen LogP contribution in [0.2, 0.25) is 0 Å². The van der Waals surface area contributed by atoms with E-state index in [1.54, 1.807) is 13.0 Å². The quantitative estimate of drug-likeness (QED) is 0.804. The number of nitrogens with one attached hydrogen (secondary N) is 2. The van der Waals surface area contributed by atoms with Crippen LogP contribution in [0.15, 0.2) is 42.5 Å². The molecule has 1 saturated heterocycles. The first kappa shape index (κ1) is 18.2. The molecule has 0 saturated carbocycles. The Bertz CT molecular complexity index is 985. The Morgan fingerprint density at radius 2 is 1.93 bits per heavy atom. The van der Waals surface area contributed by atoms with Gasteiger partial charge in [-0.2, -0.15) is 0 Å².